The van der Waals surface area contributed by atoms with Crippen LogP contribution in [0.2, 0.25) is 0 Å². The minimum Gasteiger partial charge on any atom is -0.475 e. The molecule has 0 saturated heterocycles. The first-order chi connectivity index (χ1) is 7.83. The molecule has 0 radical (unpaired) electrons. The Balaban J connectivity index is 2.33. The van der Waals surface area contributed by atoms with Crippen molar-refractivity contribution in [1.29, 1.82) is 0 Å². The van der Waals surface area contributed by atoms with Crippen molar-refractivity contribution in [2.24, 2.45) is 10.7 Å². The van der Waals surface area contributed by atoms with E-state index in [-0.39, 0.29) is 5.78 Å². The van der Waals surface area contributed by atoms with Crippen molar-refractivity contribution in [3.63, 3.8) is 0 Å². The van der Waals surface area contributed by atoms with Gasteiger partial charge in [0.05, 0.1) is 6.54 Å². The summed E-state index contributed by atoms with van der Waals surface area (Å²) < 4.78 is 5.37. The van der Waals surface area contributed by atoms with Crippen molar-refractivity contribution in [2.45, 2.75) is 6.42 Å². The summed E-state index contributed by atoms with van der Waals surface area (Å²) in [6.45, 7) is 1.62. The van der Waals surface area contributed by atoms with Gasteiger partial charge in [0, 0.05) is 17.5 Å². The zero-order valence-corrected chi connectivity index (χ0v) is 8.98. The number of benzene rings is 1. The Morgan fingerprint density at radius 3 is 2.94 bits per heavy atom. The minimum atomic E-state index is 0.0382. The molecule has 4 heteroatoms. The van der Waals surface area contributed by atoms with Gasteiger partial charge >= 0.3 is 0 Å². The van der Waals surface area contributed by atoms with E-state index in [4.69, 9.17) is 10.5 Å². The molecule has 0 amide bonds. The second kappa shape index (κ2) is 4.90. The number of carbonyl (C=O) groups is 1. The molecule has 4 nitrogen and oxygen atoms in total. The number of nitrogens with two attached hydrogens (primary N) is 1. The summed E-state index contributed by atoms with van der Waals surface area (Å²) in [5.74, 6) is 0.609. The Morgan fingerprint density at radius 1 is 1.44 bits per heavy atom. The molecule has 0 spiro atoms. The van der Waals surface area contributed by atoms with Crippen LogP contribution in [0.3, 0.4) is 0 Å². The van der Waals surface area contributed by atoms with Gasteiger partial charge in [-0.25, -0.2) is 4.99 Å². The first-order valence-corrected chi connectivity index (χ1v) is 5.33. The largest absolute Gasteiger partial charge is 0.475 e. The summed E-state index contributed by atoms with van der Waals surface area (Å²) in [4.78, 5) is 16.1. The summed E-state index contributed by atoms with van der Waals surface area (Å²) in [7, 11) is 0. The third kappa shape index (κ3) is 2.12. The maximum atomic E-state index is 11.8. The Labute approximate surface area is 94.1 Å². The second-order valence-electron chi connectivity index (χ2n) is 3.54. The van der Waals surface area contributed by atoms with E-state index in [1.165, 1.54) is 0 Å². The number of aliphatic imine (C=N–C) groups is 1. The third-order valence-corrected chi connectivity index (χ3v) is 2.41. The Bertz CT molecular complexity index is 427. The summed E-state index contributed by atoms with van der Waals surface area (Å²) in [6.07, 6.45) is 0.351. The Hall–Kier alpha value is -1.68. The van der Waals surface area contributed by atoms with Gasteiger partial charge in [0.25, 0.3) is 0 Å². The molecular formula is C12H14N2O2. The molecule has 1 aliphatic heterocycles. The van der Waals surface area contributed by atoms with Gasteiger partial charge in [0.1, 0.15) is 6.61 Å². The van der Waals surface area contributed by atoms with Crippen LogP contribution >= 0.6 is 0 Å². The molecule has 16 heavy (non-hydrogen) atoms. The smallest absolute Gasteiger partial charge is 0.216 e. The lowest BCUT2D eigenvalue weighted by molar-refractivity contribution is 0.0985. The Kier molecular flexibility index (Phi) is 3.31. The van der Waals surface area contributed by atoms with Gasteiger partial charge in [-0.1, -0.05) is 18.2 Å². The standard InChI is InChI=1S/C12H14N2O2/c13-6-5-11(15)9-3-1-2-4-10(9)12-14-7-8-16-12/h1-4H,5-8,13H2. The lowest BCUT2D eigenvalue weighted by atomic mass is 10.0. The summed E-state index contributed by atoms with van der Waals surface area (Å²) >= 11 is 0. The molecule has 1 heterocycles. The van der Waals surface area contributed by atoms with Crippen LogP contribution < -0.4 is 5.73 Å². The number of hydrogen-bond donors (Lipinski definition) is 1. The fourth-order valence-corrected chi connectivity index (χ4v) is 1.68. The molecule has 0 fully saturated rings. The molecule has 2 N–H and O–H groups in total. The van der Waals surface area contributed by atoms with E-state index in [9.17, 15) is 4.79 Å². The molecular weight excluding hydrogens is 204 g/mol. The van der Waals surface area contributed by atoms with Crippen LogP contribution in [-0.2, 0) is 4.74 Å². The topological polar surface area (TPSA) is 64.7 Å². The molecule has 84 valence electrons. The first-order valence-electron chi connectivity index (χ1n) is 5.33. The number of carbonyl (C=O) groups excluding carboxylic acids is 1. The number of rotatable bonds is 4. The summed E-state index contributed by atoms with van der Waals surface area (Å²) in [5.41, 5.74) is 6.81. The second-order valence-corrected chi connectivity index (χ2v) is 3.54. The number of hydrogen-bond acceptors (Lipinski definition) is 4. The molecule has 0 unspecified atom stereocenters. The van der Waals surface area contributed by atoms with Gasteiger partial charge in [-0.15, -0.1) is 0 Å². The van der Waals surface area contributed by atoms with Gasteiger partial charge in [-0.2, -0.15) is 0 Å². The molecule has 0 atom stereocenters. The number of nitrogens with zero attached hydrogens (tertiary/aromatic N) is 1. The first kappa shape index (κ1) is 10.8. The highest BCUT2D eigenvalue weighted by atomic mass is 16.5. The molecule has 0 saturated carbocycles. The van der Waals surface area contributed by atoms with Crippen molar-refractivity contribution < 1.29 is 9.53 Å². The molecule has 0 aromatic heterocycles. The molecule has 1 aromatic carbocycles. The van der Waals surface area contributed by atoms with Crippen LogP contribution in [0, 0.1) is 0 Å². The van der Waals surface area contributed by atoms with E-state index in [1.54, 1.807) is 6.07 Å². The van der Waals surface area contributed by atoms with Crippen molar-refractivity contribution in [2.75, 3.05) is 19.7 Å². The van der Waals surface area contributed by atoms with Crippen molar-refractivity contribution >= 4 is 11.7 Å². The molecule has 0 bridgehead atoms. The zero-order valence-electron chi connectivity index (χ0n) is 8.98. The van der Waals surface area contributed by atoms with Crippen LogP contribution in [-0.4, -0.2) is 31.4 Å². The van der Waals surface area contributed by atoms with E-state index >= 15 is 0 Å². The minimum absolute atomic E-state index is 0.0382. The fourth-order valence-electron chi connectivity index (χ4n) is 1.68. The fraction of sp³-hybridized carbons (Fsp3) is 0.333. The maximum absolute atomic E-state index is 11.8. The molecule has 1 aromatic rings. The molecule has 2 rings (SSSR count). The number of ether oxygens (including phenoxy) is 1. The van der Waals surface area contributed by atoms with Gasteiger partial charge in [0.15, 0.2) is 5.78 Å². The SMILES string of the molecule is NCCC(=O)c1ccccc1C1=NCCO1. The third-order valence-electron chi connectivity index (χ3n) is 2.41. The quantitative estimate of drug-likeness (QED) is 0.766. The van der Waals surface area contributed by atoms with E-state index in [2.05, 4.69) is 4.99 Å². The van der Waals surface area contributed by atoms with E-state index in [0.717, 1.165) is 5.56 Å². The predicted molar refractivity (Wildman–Crippen MR) is 61.8 cm³/mol. The number of ketones is 1. The molecule has 0 aliphatic carbocycles. The van der Waals surface area contributed by atoms with Gasteiger partial charge in [0.2, 0.25) is 5.90 Å². The predicted octanol–water partition coefficient (Wildman–Crippen LogP) is 0.995. The van der Waals surface area contributed by atoms with Crippen LogP contribution in [0.4, 0.5) is 0 Å². The van der Waals surface area contributed by atoms with Gasteiger partial charge < -0.3 is 10.5 Å². The average molecular weight is 218 g/mol. The lowest BCUT2D eigenvalue weighted by Crippen LogP contribution is -2.13. The number of Topliss-reactive ketones (excluding diaryl/α,β-unsaturated/α-hetero) is 1. The van der Waals surface area contributed by atoms with E-state index < -0.39 is 0 Å². The normalized spacial score (nSPS) is 14.4. The highest BCUT2D eigenvalue weighted by molar-refractivity contribution is 6.08. The van der Waals surface area contributed by atoms with Crippen molar-refractivity contribution in [3.8, 4) is 0 Å². The van der Waals surface area contributed by atoms with Crippen molar-refractivity contribution in [3.05, 3.63) is 35.4 Å². The van der Waals surface area contributed by atoms with Gasteiger partial charge in [-0.05, 0) is 12.6 Å². The maximum Gasteiger partial charge on any atom is 0.216 e. The summed E-state index contributed by atoms with van der Waals surface area (Å²) in [5, 5.41) is 0. The highest BCUT2D eigenvalue weighted by Crippen LogP contribution is 2.15. The average Bonchev–Trinajstić information content (AvgIpc) is 2.83. The van der Waals surface area contributed by atoms with Crippen LogP contribution in [0.1, 0.15) is 22.3 Å². The zero-order chi connectivity index (χ0) is 11.4. The van der Waals surface area contributed by atoms with E-state index in [1.807, 2.05) is 18.2 Å². The van der Waals surface area contributed by atoms with Crippen LogP contribution in [0.5, 0.6) is 0 Å². The monoisotopic (exact) mass is 218 g/mol. The van der Waals surface area contributed by atoms with Gasteiger partial charge in [-0.3, -0.25) is 4.79 Å². The lowest BCUT2D eigenvalue weighted by Gasteiger charge is -2.07. The van der Waals surface area contributed by atoms with E-state index in [0.29, 0.717) is 37.6 Å². The highest BCUT2D eigenvalue weighted by Gasteiger charge is 2.17. The van der Waals surface area contributed by atoms with Crippen LogP contribution in [0.25, 0.3) is 0 Å². The Morgan fingerprint density at radius 2 is 2.25 bits per heavy atom. The summed E-state index contributed by atoms with van der Waals surface area (Å²) in [6, 6.07) is 7.35. The van der Waals surface area contributed by atoms with Crippen LogP contribution in [0.15, 0.2) is 29.3 Å². The van der Waals surface area contributed by atoms with Crippen molar-refractivity contribution in [1.82, 2.24) is 0 Å². The molecule has 1 aliphatic rings.